The van der Waals surface area contributed by atoms with E-state index >= 15 is 0 Å². The van der Waals surface area contributed by atoms with Gasteiger partial charge in [-0.05, 0) is 24.0 Å². The molecule has 1 rings (SSSR count). The van der Waals surface area contributed by atoms with Crippen molar-refractivity contribution in [2.24, 2.45) is 5.92 Å². The highest BCUT2D eigenvalue weighted by Gasteiger charge is 2.18. The maximum Gasteiger partial charge on any atom is 0.126 e. The first-order valence-electron chi connectivity index (χ1n) is 6.03. The third kappa shape index (κ3) is 3.48. The van der Waals surface area contributed by atoms with Gasteiger partial charge in [-0.1, -0.05) is 44.9 Å². The van der Waals surface area contributed by atoms with Crippen molar-refractivity contribution in [1.82, 2.24) is 0 Å². The van der Waals surface area contributed by atoms with Crippen molar-refractivity contribution in [3.05, 3.63) is 35.6 Å². The number of rotatable bonds is 6. The normalized spacial score (nSPS) is 13.1. The lowest BCUT2D eigenvalue weighted by atomic mass is 9.87. The van der Waals surface area contributed by atoms with Gasteiger partial charge >= 0.3 is 0 Å². The van der Waals surface area contributed by atoms with Crippen molar-refractivity contribution in [2.45, 2.75) is 39.0 Å². The van der Waals surface area contributed by atoms with E-state index in [0.29, 0.717) is 11.8 Å². The Morgan fingerprint density at radius 3 is 2.31 bits per heavy atom. The Bertz CT molecular complexity index is 307. The minimum Gasteiger partial charge on any atom is -0.207 e. The number of benzene rings is 1. The molecule has 0 heterocycles. The predicted molar refractivity (Wildman–Crippen MR) is 68.6 cm³/mol. The van der Waals surface area contributed by atoms with E-state index in [1.807, 2.05) is 12.1 Å². The maximum atomic E-state index is 13.6. The zero-order chi connectivity index (χ0) is 12.0. The first-order chi connectivity index (χ1) is 7.72. The lowest BCUT2D eigenvalue weighted by Crippen LogP contribution is -2.09. The average molecular weight is 243 g/mol. The minimum absolute atomic E-state index is 0.126. The quantitative estimate of drug-likeness (QED) is 0.618. The lowest BCUT2D eigenvalue weighted by molar-refractivity contribution is 0.417. The molecule has 1 unspecified atom stereocenters. The van der Waals surface area contributed by atoms with Crippen LogP contribution in [0.2, 0.25) is 0 Å². The molecule has 1 aromatic carbocycles. The van der Waals surface area contributed by atoms with Gasteiger partial charge in [-0.3, -0.25) is 0 Å². The van der Waals surface area contributed by atoms with Crippen LogP contribution in [0.15, 0.2) is 24.3 Å². The summed E-state index contributed by atoms with van der Waals surface area (Å²) in [4.78, 5) is 0. The maximum absolute atomic E-state index is 13.6. The van der Waals surface area contributed by atoms with E-state index in [2.05, 4.69) is 13.8 Å². The topological polar surface area (TPSA) is 0 Å². The molecule has 0 N–H and O–H groups in total. The Hall–Kier alpha value is -0.560. The van der Waals surface area contributed by atoms with Crippen molar-refractivity contribution < 1.29 is 4.39 Å². The van der Waals surface area contributed by atoms with Crippen molar-refractivity contribution >= 4 is 11.6 Å². The molecule has 0 amide bonds. The fraction of sp³-hybridized carbons (Fsp3) is 0.571. The van der Waals surface area contributed by atoms with Gasteiger partial charge in [0.2, 0.25) is 0 Å². The predicted octanol–water partition coefficient (Wildman–Crippen LogP) is 4.97. The minimum atomic E-state index is -0.126. The second-order valence-electron chi connectivity index (χ2n) is 4.29. The van der Waals surface area contributed by atoms with Crippen LogP contribution < -0.4 is 0 Å². The molecule has 0 spiro atoms. The molecular formula is C14H20ClF. The zero-order valence-corrected chi connectivity index (χ0v) is 10.8. The van der Waals surface area contributed by atoms with Crippen molar-refractivity contribution in [3.8, 4) is 0 Å². The molecule has 0 saturated carbocycles. The fourth-order valence-corrected chi connectivity index (χ4v) is 2.40. The van der Waals surface area contributed by atoms with E-state index < -0.39 is 0 Å². The molecule has 0 aliphatic carbocycles. The van der Waals surface area contributed by atoms with Gasteiger partial charge in [-0.2, -0.15) is 0 Å². The third-order valence-electron chi connectivity index (χ3n) is 3.30. The molecule has 0 aliphatic rings. The van der Waals surface area contributed by atoms with Crippen LogP contribution in [0.4, 0.5) is 4.39 Å². The molecule has 0 bridgehead atoms. The van der Waals surface area contributed by atoms with Crippen LogP contribution >= 0.6 is 11.6 Å². The molecule has 0 radical (unpaired) electrons. The summed E-state index contributed by atoms with van der Waals surface area (Å²) in [6.45, 7) is 4.36. The second kappa shape index (κ2) is 6.90. The Kier molecular flexibility index (Phi) is 5.83. The highest BCUT2D eigenvalue weighted by molar-refractivity contribution is 6.18. The Morgan fingerprint density at radius 2 is 1.81 bits per heavy atom. The summed E-state index contributed by atoms with van der Waals surface area (Å²) in [5.74, 6) is 1.16. The van der Waals surface area contributed by atoms with Crippen LogP contribution in [0, 0.1) is 11.7 Å². The number of alkyl halides is 1. The Morgan fingerprint density at radius 1 is 1.19 bits per heavy atom. The Labute approximate surface area is 103 Å². The van der Waals surface area contributed by atoms with E-state index in [4.69, 9.17) is 11.6 Å². The van der Waals surface area contributed by atoms with E-state index in [1.165, 1.54) is 6.07 Å². The molecule has 0 aliphatic heterocycles. The molecule has 0 aromatic heterocycles. The van der Waals surface area contributed by atoms with Crippen molar-refractivity contribution in [1.29, 1.82) is 0 Å². The molecule has 1 atom stereocenters. The van der Waals surface area contributed by atoms with Crippen molar-refractivity contribution in [2.75, 3.05) is 5.88 Å². The first-order valence-corrected chi connectivity index (χ1v) is 6.56. The summed E-state index contributed by atoms with van der Waals surface area (Å²) in [5, 5.41) is 0. The fourth-order valence-electron chi connectivity index (χ4n) is 2.10. The van der Waals surface area contributed by atoms with E-state index in [-0.39, 0.29) is 11.7 Å². The van der Waals surface area contributed by atoms with Gasteiger partial charge in [-0.15, -0.1) is 11.6 Å². The average Bonchev–Trinajstić information content (AvgIpc) is 2.32. The van der Waals surface area contributed by atoms with Gasteiger partial charge in [0.05, 0.1) is 0 Å². The summed E-state index contributed by atoms with van der Waals surface area (Å²) < 4.78 is 13.6. The molecule has 0 nitrogen and oxygen atoms in total. The molecule has 1 aromatic rings. The standard InChI is InChI=1S/C14H20ClF/c1-3-11(4-2)9-12(10-15)13-7-5-6-8-14(13)16/h5-8,11-12H,3-4,9-10H2,1-2H3. The van der Waals surface area contributed by atoms with Crippen LogP contribution in [-0.4, -0.2) is 5.88 Å². The van der Waals surface area contributed by atoms with E-state index in [9.17, 15) is 4.39 Å². The highest BCUT2D eigenvalue weighted by atomic mass is 35.5. The summed E-state index contributed by atoms with van der Waals surface area (Å²) >= 11 is 5.97. The summed E-state index contributed by atoms with van der Waals surface area (Å²) in [6.07, 6.45) is 3.26. The Balaban J connectivity index is 2.78. The SMILES string of the molecule is CCC(CC)CC(CCl)c1ccccc1F. The third-order valence-corrected chi connectivity index (χ3v) is 3.68. The van der Waals surface area contributed by atoms with Crippen LogP contribution in [0.25, 0.3) is 0 Å². The lowest BCUT2D eigenvalue weighted by Gasteiger charge is -2.20. The summed E-state index contributed by atoms with van der Waals surface area (Å²) in [5.41, 5.74) is 0.768. The van der Waals surface area contributed by atoms with Gasteiger partial charge in [0, 0.05) is 11.8 Å². The molecular weight excluding hydrogens is 223 g/mol. The zero-order valence-electron chi connectivity index (χ0n) is 10.0. The largest absolute Gasteiger partial charge is 0.207 e. The number of halogens is 2. The molecule has 16 heavy (non-hydrogen) atoms. The van der Waals surface area contributed by atoms with Gasteiger partial charge in [0.25, 0.3) is 0 Å². The highest BCUT2D eigenvalue weighted by Crippen LogP contribution is 2.29. The molecule has 0 fully saturated rings. The summed E-state index contributed by atoms with van der Waals surface area (Å²) in [7, 11) is 0. The van der Waals surface area contributed by atoms with Gasteiger partial charge in [-0.25, -0.2) is 4.39 Å². The van der Waals surface area contributed by atoms with Crippen LogP contribution in [0.3, 0.4) is 0 Å². The molecule has 2 heteroatoms. The van der Waals surface area contributed by atoms with Gasteiger partial charge in [0.1, 0.15) is 5.82 Å². The van der Waals surface area contributed by atoms with E-state index in [1.54, 1.807) is 6.07 Å². The second-order valence-corrected chi connectivity index (χ2v) is 4.60. The smallest absolute Gasteiger partial charge is 0.126 e. The molecule has 90 valence electrons. The summed E-state index contributed by atoms with van der Waals surface area (Å²) in [6, 6.07) is 6.97. The van der Waals surface area contributed by atoms with Crippen LogP contribution in [-0.2, 0) is 0 Å². The first kappa shape index (κ1) is 13.5. The van der Waals surface area contributed by atoms with Crippen LogP contribution in [0.1, 0.15) is 44.6 Å². The van der Waals surface area contributed by atoms with E-state index in [0.717, 1.165) is 24.8 Å². The van der Waals surface area contributed by atoms with Crippen molar-refractivity contribution in [3.63, 3.8) is 0 Å². The number of hydrogen-bond donors (Lipinski definition) is 0. The van der Waals surface area contributed by atoms with Gasteiger partial charge in [0.15, 0.2) is 0 Å². The van der Waals surface area contributed by atoms with Gasteiger partial charge < -0.3 is 0 Å². The van der Waals surface area contributed by atoms with Crippen LogP contribution in [0.5, 0.6) is 0 Å². The monoisotopic (exact) mass is 242 g/mol. The number of hydrogen-bond acceptors (Lipinski definition) is 0. The molecule has 0 saturated heterocycles.